The van der Waals surface area contributed by atoms with Crippen molar-refractivity contribution in [1.82, 2.24) is 9.97 Å². The Bertz CT molecular complexity index is 2320. The summed E-state index contributed by atoms with van der Waals surface area (Å²) in [5.74, 6) is 1.52. The second kappa shape index (κ2) is 18.6. The number of ketones is 2. The number of Topliss-reactive ketones (excluding diaryl/α,β-unsaturated/α-hetero) is 2. The predicted molar refractivity (Wildman–Crippen MR) is 226 cm³/mol. The van der Waals surface area contributed by atoms with Gasteiger partial charge in [-0.3, -0.25) is 19.6 Å². The van der Waals surface area contributed by atoms with E-state index in [4.69, 9.17) is 32.0 Å². The van der Waals surface area contributed by atoms with Crippen LogP contribution in [0.15, 0.2) is 118 Å². The second-order valence-corrected chi connectivity index (χ2v) is 16.4. The molecule has 4 aromatic heterocycles. The molecule has 60 heavy (non-hydrogen) atoms. The largest absolute Gasteiger partial charge is 0.453 e. The van der Waals surface area contributed by atoms with E-state index in [1.54, 1.807) is 60.9 Å². The van der Waals surface area contributed by atoms with Crippen LogP contribution in [0, 0.1) is 22.7 Å². The fourth-order valence-corrected chi connectivity index (χ4v) is 7.98. The van der Waals surface area contributed by atoms with Crippen molar-refractivity contribution in [2.45, 2.75) is 87.2 Å². The fraction of sp³-hybridized carbons (Fsp3) is 0.292. The number of benzene rings is 2. The van der Waals surface area contributed by atoms with Crippen molar-refractivity contribution in [1.29, 1.82) is 10.5 Å². The van der Waals surface area contributed by atoms with E-state index < -0.39 is 10.8 Å². The summed E-state index contributed by atoms with van der Waals surface area (Å²) in [6, 6.07) is 33.5. The number of pyridine rings is 2. The van der Waals surface area contributed by atoms with Gasteiger partial charge in [0.2, 0.25) is 11.6 Å². The minimum atomic E-state index is -0.656. The molecule has 0 atom stereocenters. The van der Waals surface area contributed by atoms with Crippen LogP contribution in [0.2, 0.25) is 10.0 Å². The number of aliphatic hydroxyl groups excluding tert-OH is 2. The normalized spacial score (nSPS) is 21.2. The average molecular weight is 842 g/mol. The first-order chi connectivity index (χ1) is 29.0. The highest BCUT2D eigenvalue weighted by molar-refractivity contribution is 6.30. The first-order valence-electron chi connectivity index (χ1n) is 19.9. The summed E-state index contributed by atoms with van der Waals surface area (Å²) in [5, 5.41) is 40.2. The molecule has 304 valence electrons. The van der Waals surface area contributed by atoms with Gasteiger partial charge in [-0.25, -0.2) is 0 Å². The summed E-state index contributed by atoms with van der Waals surface area (Å²) < 4.78 is 11.5. The van der Waals surface area contributed by atoms with Gasteiger partial charge in [-0.15, -0.1) is 0 Å². The zero-order chi connectivity index (χ0) is 42.3. The Labute approximate surface area is 358 Å². The number of hydrogen-bond acceptors (Lipinski definition) is 10. The van der Waals surface area contributed by atoms with Crippen molar-refractivity contribution < 1.29 is 28.6 Å². The maximum atomic E-state index is 12.6. The molecule has 2 aliphatic carbocycles. The van der Waals surface area contributed by atoms with Gasteiger partial charge in [-0.1, -0.05) is 35.3 Å². The van der Waals surface area contributed by atoms with Gasteiger partial charge in [0.15, 0.2) is 11.5 Å². The van der Waals surface area contributed by atoms with Gasteiger partial charge in [-0.05, 0) is 147 Å². The van der Waals surface area contributed by atoms with E-state index in [0.717, 1.165) is 22.3 Å². The lowest BCUT2D eigenvalue weighted by atomic mass is 9.72. The Morgan fingerprint density at radius 3 is 1.27 bits per heavy atom. The standard InChI is InChI=1S/2C24H21ClN2O3/c2*25-18-4-2-17(3-5-18)21-6-7-22(30-21)20(29)13-16-1-8-23(27-14-16)24(15-26)11-9-19(28)10-12-24/h2*1-8,14,19,28H,9-13H2. The molecule has 0 spiro atoms. The van der Waals surface area contributed by atoms with Gasteiger partial charge in [0.05, 0.1) is 46.6 Å². The molecule has 2 fully saturated rings. The quantitative estimate of drug-likeness (QED) is 0.126. The van der Waals surface area contributed by atoms with Gasteiger partial charge in [0, 0.05) is 46.4 Å². The van der Waals surface area contributed by atoms with Gasteiger partial charge in [0.1, 0.15) is 11.5 Å². The molecule has 8 rings (SSSR count). The van der Waals surface area contributed by atoms with E-state index in [2.05, 4.69) is 22.1 Å². The average Bonchev–Trinajstić information content (AvgIpc) is 3.98. The van der Waals surface area contributed by atoms with E-state index in [0.29, 0.717) is 95.8 Å². The Morgan fingerprint density at radius 2 is 0.950 bits per heavy atom. The highest BCUT2D eigenvalue weighted by atomic mass is 35.5. The fourth-order valence-electron chi connectivity index (χ4n) is 7.72. The van der Waals surface area contributed by atoms with Crippen LogP contribution in [0.5, 0.6) is 0 Å². The summed E-state index contributed by atoms with van der Waals surface area (Å²) in [5.41, 5.74) is 3.32. The van der Waals surface area contributed by atoms with E-state index >= 15 is 0 Å². The number of nitriles is 2. The summed E-state index contributed by atoms with van der Waals surface area (Å²) in [6.07, 6.45) is 7.74. The van der Waals surface area contributed by atoms with Crippen LogP contribution in [0.25, 0.3) is 22.6 Å². The highest BCUT2D eigenvalue weighted by Crippen LogP contribution is 2.39. The highest BCUT2D eigenvalue weighted by Gasteiger charge is 2.39. The van der Waals surface area contributed by atoms with Crippen LogP contribution < -0.4 is 0 Å². The zero-order valence-corrected chi connectivity index (χ0v) is 34.2. The molecule has 0 radical (unpaired) electrons. The Kier molecular flexibility index (Phi) is 13.1. The number of halogens is 2. The maximum absolute atomic E-state index is 12.6. The number of carbonyl (C=O) groups excluding carboxylic acids is 2. The monoisotopic (exact) mass is 840 g/mol. The minimum absolute atomic E-state index is 0.138. The third-order valence-electron chi connectivity index (χ3n) is 11.4. The van der Waals surface area contributed by atoms with E-state index in [1.165, 1.54) is 0 Å². The molecule has 10 nitrogen and oxygen atoms in total. The number of aromatic nitrogens is 2. The molecular formula is C48H42Cl2N4O6. The molecule has 2 aliphatic rings. The molecule has 6 aromatic rings. The number of aliphatic hydroxyl groups is 2. The lowest BCUT2D eigenvalue weighted by Gasteiger charge is -2.32. The third-order valence-corrected chi connectivity index (χ3v) is 11.9. The first kappa shape index (κ1) is 42.3. The summed E-state index contributed by atoms with van der Waals surface area (Å²) >= 11 is 11.8. The Balaban J connectivity index is 0.000000181. The van der Waals surface area contributed by atoms with Crippen molar-refractivity contribution in [2.24, 2.45) is 0 Å². The molecule has 4 heterocycles. The van der Waals surface area contributed by atoms with Crippen molar-refractivity contribution in [2.75, 3.05) is 0 Å². The zero-order valence-electron chi connectivity index (χ0n) is 32.7. The number of nitrogens with zero attached hydrogens (tertiary/aromatic N) is 4. The number of rotatable bonds is 10. The molecule has 0 aliphatic heterocycles. The third kappa shape index (κ3) is 9.76. The SMILES string of the molecule is N#CC1(c2ccc(CC(=O)c3ccc(-c4ccc(Cl)cc4)o3)cn2)CCC(O)CC1.N#CC1(c2ccc(CC(=O)c3ccc(-c4ccc(Cl)cc4)o3)cn2)CCC(O)CC1. The summed E-state index contributed by atoms with van der Waals surface area (Å²) in [6.45, 7) is 0. The smallest absolute Gasteiger partial charge is 0.202 e. The van der Waals surface area contributed by atoms with Crippen LogP contribution >= 0.6 is 23.2 Å². The maximum Gasteiger partial charge on any atom is 0.202 e. The van der Waals surface area contributed by atoms with Gasteiger partial charge in [-0.2, -0.15) is 10.5 Å². The Hall–Kier alpha value is -5.88. The Morgan fingerprint density at radius 1 is 0.583 bits per heavy atom. The molecule has 2 aromatic carbocycles. The molecule has 12 heteroatoms. The van der Waals surface area contributed by atoms with Crippen LogP contribution in [-0.2, 0) is 23.7 Å². The van der Waals surface area contributed by atoms with E-state index in [9.17, 15) is 30.3 Å². The lowest BCUT2D eigenvalue weighted by molar-refractivity contribution is 0.0959. The predicted octanol–water partition coefficient (Wildman–Crippen LogP) is 10.2. The van der Waals surface area contributed by atoms with Crippen LogP contribution in [0.4, 0.5) is 0 Å². The molecular weight excluding hydrogens is 799 g/mol. The van der Waals surface area contributed by atoms with Crippen LogP contribution in [-0.4, -0.2) is 44.0 Å². The second-order valence-electron chi connectivity index (χ2n) is 15.5. The molecule has 2 N–H and O–H groups in total. The van der Waals surface area contributed by atoms with Crippen molar-refractivity contribution in [3.8, 4) is 34.8 Å². The van der Waals surface area contributed by atoms with E-state index in [1.807, 2.05) is 48.5 Å². The first-order valence-corrected chi connectivity index (χ1v) is 20.6. The molecule has 0 unspecified atom stereocenters. The molecule has 2 saturated carbocycles. The molecule has 0 saturated heterocycles. The van der Waals surface area contributed by atoms with Crippen molar-refractivity contribution in [3.63, 3.8) is 0 Å². The topological polar surface area (TPSA) is 174 Å². The summed E-state index contributed by atoms with van der Waals surface area (Å²) in [7, 11) is 0. The van der Waals surface area contributed by atoms with Crippen molar-refractivity contribution in [3.05, 3.63) is 154 Å². The van der Waals surface area contributed by atoms with Crippen LogP contribution in [0.3, 0.4) is 0 Å². The number of hydrogen-bond donors (Lipinski definition) is 2. The minimum Gasteiger partial charge on any atom is -0.453 e. The number of furan rings is 2. The number of carbonyl (C=O) groups is 2. The van der Waals surface area contributed by atoms with Crippen LogP contribution in [0.1, 0.15) is 95.0 Å². The van der Waals surface area contributed by atoms with Gasteiger partial charge >= 0.3 is 0 Å². The summed E-state index contributed by atoms with van der Waals surface area (Å²) in [4.78, 5) is 34.2. The van der Waals surface area contributed by atoms with Crippen molar-refractivity contribution >= 4 is 34.8 Å². The lowest BCUT2D eigenvalue weighted by Crippen LogP contribution is -2.33. The van der Waals surface area contributed by atoms with Gasteiger partial charge in [0.25, 0.3) is 0 Å². The molecule has 0 bridgehead atoms. The van der Waals surface area contributed by atoms with E-state index in [-0.39, 0.29) is 36.6 Å². The molecule has 0 amide bonds. The van der Waals surface area contributed by atoms with Gasteiger partial charge < -0.3 is 19.0 Å².